The second-order valence-electron chi connectivity index (χ2n) is 9.50. The van der Waals surface area contributed by atoms with Gasteiger partial charge >= 0.3 is 12.0 Å². The highest BCUT2D eigenvalue weighted by molar-refractivity contribution is 5.87. The maximum atomic E-state index is 13.2. The topological polar surface area (TPSA) is 119 Å². The number of nitrogens with zero attached hydrogens (tertiary/aromatic N) is 1. The minimum Gasteiger partial charge on any atom is -0.506 e. The number of nitrogens with one attached hydrogen (secondary N) is 2. The predicted molar refractivity (Wildman–Crippen MR) is 159 cm³/mol. The van der Waals surface area contributed by atoms with Gasteiger partial charge in [0.25, 0.3) is 0 Å². The van der Waals surface area contributed by atoms with Crippen LogP contribution in [0.25, 0.3) is 0 Å². The number of aliphatic hydroxyl groups excluding tert-OH is 1. The summed E-state index contributed by atoms with van der Waals surface area (Å²) >= 11 is 0. The summed E-state index contributed by atoms with van der Waals surface area (Å²) in [6.07, 6.45) is 8.20. The van der Waals surface area contributed by atoms with Gasteiger partial charge in [0.15, 0.2) is 0 Å². The number of aromatic carboxylic acids is 1. The van der Waals surface area contributed by atoms with Crippen molar-refractivity contribution in [2.45, 2.75) is 92.8 Å². The lowest BCUT2D eigenvalue weighted by Gasteiger charge is -2.23. The molecule has 0 aromatic heterocycles. The first-order valence-electron chi connectivity index (χ1n) is 13.9. The van der Waals surface area contributed by atoms with Crippen LogP contribution in [0.4, 0.5) is 9.18 Å². The number of likely N-dealkylation sites (tertiary alicyclic amines) is 1. The molecule has 224 valence electrons. The van der Waals surface area contributed by atoms with Gasteiger partial charge in [-0.1, -0.05) is 50.1 Å². The van der Waals surface area contributed by atoms with E-state index >= 15 is 0 Å². The molecule has 2 atom stereocenters. The van der Waals surface area contributed by atoms with Crippen LogP contribution in [0.5, 0.6) is 0 Å². The molecule has 3 amide bonds. The molecule has 1 aromatic rings. The monoisotopic (exact) mass is 561 g/mol. The lowest BCUT2D eigenvalue weighted by atomic mass is 10.1. The van der Waals surface area contributed by atoms with Crippen molar-refractivity contribution >= 4 is 17.9 Å². The fraction of sp³-hybridized carbons (Fsp3) is 0.516. The number of hydrogen-bond donors (Lipinski definition) is 4. The lowest BCUT2D eigenvalue weighted by molar-refractivity contribution is -0.131. The number of aryl methyl sites for hydroxylation is 1. The lowest BCUT2D eigenvalue weighted by Crippen LogP contribution is -2.35. The molecule has 40 heavy (non-hydrogen) atoms. The van der Waals surface area contributed by atoms with Crippen molar-refractivity contribution in [3.8, 4) is 0 Å². The number of benzene rings is 1. The molecule has 2 rings (SSSR count). The highest BCUT2D eigenvalue weighted by Crippen LogP contribution is 2.24. The van der Waals surface area contributed by atoms with E-state index in [0.717, 1.165) is 24.8 Å². The van der Waals surface area contributed by atoms with Gasteiger partial charge in [0, 0.05) is 25.4 Å². The first-order chi connectivity index (χ1) is 18.9. The molecule has 1 aliphatic heterocycles. The molecule has 0 spiro atoms. The van der Waals surface area contributed by atoms with Gasteiger partial charge in [-0.25, -0.2) is 14.0 Å². The summed E-state index contributed by atoms with van der Waals surface area (Å²) in [7, 11) is 0. The van der Waals surface area contributed by atoms with E-state index in [9.17, 15) is 23.9 Å². The fourth-order valence-corrected chi connectivity index (χ4v) is 3.82. The minimum atomic E-state index is -0.863. The average Bonchev–Trinajstić information content (AvgIpc) is 3.31. The van der Waals surface area contributed by atoms with E-state index in [-0.39, 0.29) is 30.3 Å². The number of carboxylic acids is 1. The summed E-state index contributed by atoms with van der Waals surface area (Å²) in [5, 5.41) is 22.9. The summed E-state index contributed by atoms with van der Waals surface area (Å²) in [5.74, 6) is -0.732. The van der Waals surface area contributed by atoms with Crippen molar-refractivity contribution < 1.29 is 29.0 Å². The van der Waals surface area contributed by atoms with Gasteiger partial charge in [0.05, 0.1) is 17.8 Å². The van der Waals surface area contributed by atoms with E-state index in [1.165, 1.54) is 11.6 Å². The van der Waals surface area contributed by atoms with Crippen molar-refractivity contribution in [3.05, 3.63) is 70.6 Å². The second kappa shape index (κ2) is 20.3. The predicted octanol–water partition coefficient (Wildman–Crippen LogP) is 6.70. The van der Waals surface area contributed by atoms with Crippen LogP contribution in [0.3, 0.4) is 0 Å². The highest BCUT2D eigenvalue weighted by Gasteiger charge is 2.33. The Labute approximate surface area is 239 Å². The van der Waals surface area contributed by atoms with Crippen molar-refractivity contribution in [2.75, 3.05) is 13.1 Å². The van der Waals surface area contributed by atoms with E-state index in [2.05, 4.69) is 17.6 Å². The van der Waals surface area contributed by atoms with Gasteiger partial charge in [-0.05, 0) is 71.2 Å². The van der Waals surface area contributed by atoms with Crippen LogP contribution < -0.4 is 10.6 Å². The molecule has 2 unspecified atom stereocenters. The number of aliphatic hydroxyl groups is 1. The molecule has 1 saturated heterocycles. The summed E-state index contributed by atoms with van der Waals surface area (Å²) in [4.78, 5) is 35.0. The van der Waals surface area contributed by atoms with Crippen molar-refractivity contribution in [2.24, 2.45) is 0 Å². The van der Waals surface area contributed by atoms with Crippen molar-refractivity contribution in [1.29, 1.82) is 0 Å². The van der Waals surface area contributed by atoms with E-state index in [0.29, 0.717) is 30.6 Å². The summed E-state index contributed by atoms with van der Waals surface area (Å²) < 4.78 is 13.2. The third-order valence-electron chi connectivity index (χ3n) is 6.16. The maximum absolute atomic E-state index is 13.2. The molecular weight excluding hydrogens is 513 g/mol. The molecule has 1 aromatic carbocycles. The summed E-state index contributed by atoms with van der Waals surface area (Å²) in [6.45, 7) is 14.0. The minimum absolute atomic E-state index is 0.0637. The largest absolute Gasteiger partial charge is 0.506 e. The molecule has 0 bridgehead atoms. The number of carboxylic acid groups (broad SMARTS) is 1. The number of urea groups is 1. The quantitative estimate of drug-likeness (QED) is 0.152. The second-order valence-corrected chi connectivity index (χ2v) is 9.50. The smallest absolute Gasteiger partial charge is 0.335 e. The van der Waals surface area contributed by atoms with Crippen molar-refractivity contribution in [3.63, 3.8) is 0 Å². The highest BCUT2D eigenvalue weighted by atomic mass is 19.1. The average molecular weight is 562 g/mol. The van der Waals surface area contributed by atoms with Gasteiger partial charge in [-0.2, -0.15) is 0 Å². The third kappa shape index (κ3) is 14.5. The van der Waals surface area contributed by atoms with Crippen LogP contribution in [-0.4, -0.2) is 58.3 Å². The van der Waals surface area contributed by atoms with E-state index < -0.39 is 12.1 Å². The number of rotatable bonds is 9. The molecule has 0 radical (unpaired) electrons. The Morgan fingerprint density at radius 2 is 1.70 bits per heavy atom. The molecule has 1 heterocycles. The van der Waals surface area contributed by atoms with Gasteiger partial charge in [-0.3, -0.25) is 4.79 Å². The van der Waals surface area contributed by atoms with Gasteiger partial charge in [0.2, 0.25) is 5.91 Å². The van der Waals surface area contributed by atoms with Gasteiger partial charge in [0.1, 0.15) is 11.9 Å². The molecule has 1 fully saturated rings. The zero-order valence-electron chi connectivity index (χ0n) is 25.1. The Kier molecular flexibility index (Phi) is 18.5. The Balaban J connectivity index is 0.000000574. The van der Waals surface area contributed by atoms with Crippen LogP contribution in [0.15, 0.2) is 59.5 Å². The number of allylic oxidation sites excluding steroid dienone is 4. The number of amides is 3. The molecule has 9 heteroatoms. The summed E-state index contributed by atoms with van der Waals surface area (Å²) in [5.41, 5.74) is 3.04. The maximum Gasteiger partial charge on any atom is 0.335 e. The number of alkyl halides is 1. The molecule has 0 saturated carbocycles. The fourth-order valence-electron chi connectivity index (χ4n) is 3.82. The molecule has 0 aliphatic carbocycles. The first-order valence-corrected chi connectivity index (χ1v) is 13.9. The molecule has 8 nitrogen and oxygen atoms in total. The Hall–Kier alpha value is -3.62. The summed E-state index contributed by atoms with van der Waals surface area (Å²) in [6, 6.07) is 6.83. The van der Waals surface area contributed by atoms with Gasteiger partial charge in [-0.15, -0.1) is 0 Å². The Bertz CT molecular complexity index is 1020. The first kappa shape index (κ1) is 36.4. The molecular formula is C31H48FN3O5. The van der Waals surface area contributed by atoms with E-state index in [4.69, 9.17) is 5.11 Å². The van der Waals surface area contributed by atoms with Crippen molar-refractivity contribution in [1.82, 2.24) is 15.5 Å². The normalized spacial score (nSPS) is 17.2. The number of halogens is 1. The number of hydrogen-bond acceptors (Lipinski definition) is 4. The van der Waals surface area contributed by atoms with Crippen LogP contribution in [0.1, 0.15) is 90.1 Å². The van der Waals surface area contributed by atoms with E-state index in [1.54, 1.807) is 37.0 Å². The number of carbonyl (C=O) groups excluding carboxylic acids is 2. The number of carbonyl (C=O) groups is 3. The zero-order chi connectivity index (χ0) is 30.7. The van der Waals surface area contributed by atoms with E-state index in [1.807, 2.05) is 45.9 Å². The Morgan fingerprint density at radius 1 is 1.07 bits per heavy atom. The Morgan fingerprint density at radius 3 is 2.17 bits per heavy atom. The molecule has 4 N–H and O–H groups in total. The van der Waals surface area contributed by atoms with Crippen LogP contribution in [0, 0.1) is 0 Å². The SMILES string of the molecule is C/C=C(\C)CC(=O)N1CC(F)CC1CC.C/C=C\C(O)=C(/C)NC(=O)NCC.CCCc1ccc(C(=O)O)cc1. The standard InChI is InChI=1S/C12H20FNO.C10H12O2.C9H16N2O2/c1-4-9(3)6-12(15)14-8-10(13)7-11(14)5-2;1-2-3-8-4-6-9(7-5-8)10(11)12;1-4-6-8(12)7(3)11-9(13)10-5-2/h4,10-11H,5-8H2,1-3H3;4-7H,2-3H2,1H3,(H,11,12);4,6,12H,5H2,1-3H3,(H2,10,11,13)/b9-4+;;6-4-,8-7-. The van der Waals surface area contributed by atoms with Gasteiger partial charge < -0.3 is 25.7 Å². The van der Waals surface area contributed by atoms with Crippen LogP contribution in [0.2, 0.25) is 0 Å². The zero-order valence-corrected chi connectivity index (χ0v) is 25.1. The third-order valence-corrected chi connectivity index (χ3v) is 6.16. The van der Waals surface area contributed by atoms with Crippen LogP contribution in [-0.2, 0) is 11.2 Å². The molecule has 1 aliphatic rings. The van der Waals surface area contributed by atoms with Crippen LogP contribution >= 0.6 is 0 Å².